The van der Waals surface area contributed by atoms with Gasteiger partial charge in [-0.25, -0.2) is 9.78 Å². The fraction of sp³-hybridized carbons (Fsp3) is 0.722. The van der Waals surface area contributed by atoms with Crippen LogP contribution in [-0.2, 0) is 20.9 Å². The largest absolute Gasteiger partial charge is 0.490 e. The van der Waals surface area contributed by atoms with Crippen LogP contribution in [0.4, 0.5) is 13.2 Å². The topological polar surface area (TPSA) is 91.8 Å². The highest BCUT2D eigenvalue weighted by molar-refractivity contribution is 7.09. The second-order valence-corrected chi connectivity index (χ2v) is 8.45. The predicted molar refractivity (Wildman–Crippen MR) is 100 cm³/mol. The second-order valence-electron chi connectivity index (χ2n) is 7.51. The number of carbonyl (C=O) groups excluding carboxylic acids is 1. The van der Waals surface area contributed by atoms with Gasteiger partial charge in [-0.3, -0.25) is 9.69 Å². The van der Waals surface area contributed by atoms with Gasteiger partial charge in [0, 0.05) is 24.0 Å². The molecule has 2 aliphatic heterocycles. The van der Waals surface area contributed by atoms with Crippen LogP contribution in [0.15, 0.2) is 5.51 Å². The molecule has 0 radical (unpaired) electrons. The van der Waals surface area contributed by atoms with Crippen LogP contribution in [0.25, 0.3) is 0 Å². The molecule has 11 heteroatoms. The van der Waals surface area contributed by atoms with E-state index >= 15 is 0 Å². The molecule has 0 saturated carbocycles. The highest BCUT2D eigenvalue weighted by atomic mass is 32.1. The minimum atomic E-state index is -5.08. The van der Waals surface area contributed by atoms with Gasteiger partial charge in [-0.2, -0.15) is 13.2 Å². The molecular weight excluding hydrogens is 411 g/mol. The minimum absolute atomic E-state index is 0.0502. The molecule has 1 aromatic rings. The lowest BCUT2D eigenvalue weighted by Gasteiger charge is -2.33. The van der Waals surface area contributed by atoms with Crippen molar-refractivity contribution in [2.75, 3.05) is 13.1 Å². The summed E-state index contributed by atoms with van der Waals surface area (Å²) in [5.41, 5.74) is 3.05. The van der Waals surface area contributed by atoms with Crippen molar-refractivity contribution in [2.24, 2.45) is 5.92 Å². The maximum absolute atomic E-state index is 12.1. The third-order valence-electron chi connectivity index (χ3n) is 4.81. The third kappa shape index (κ3) is 6.93. The molecule has 0 unspecified atom stereocenters. The van der Waals surface area contributed by atoms with Crippen LogP contribution < -0.4 is 5.32 Å². The number of aryl methyl sites for hydroxylation is 1. The van der Waals surface area contributed by atoms with Crippen molar-refractivity contribution < 1.29 is 32.6 Å². The quantitative estimate of drug-likeness (QED) is 0.753. The number of rotatable bonds is 4. The van der Waals surface area contributed by atoms with Crippen LogP contribution in [0.1, 0.15) is 37.3 Å². The first-order valence-electron chi connectivity index (χ1n) is 9.34. The van der Waals surface area contributed by atoms with E-state index in [9.17, 15) is 18.0 Å². The number of piperidine rings is 1. The van der Waals surface area contributed by atoms with Gasteiger partial charge in [-0.1, -0.05) is 0 Å². The molecule has 0 bridgehead atoms. The Kier molecular flexibility index (Phi) is 8.01. The lowest BCUT2D eigenvalue weighted by atomic mass is 9.91. The van der Waals surface area contributed by atoms with Crippen LogP contribution >= 0.6 is 11.3 Å². The van der Waals surface area contributed by atoms with Crippen LogP contribution in [0.5, 0.6) is 0 Å². The number of alkyl halides is 3. The van der Waals surface area contributed by atoms with Crippen molar-refractivity contribution in [3.05, 3.63) is 16.1 Å². The molecule has 1 amide bonds. The van der Waals surface area contributed by atoms with E-state index in [0.29, 0.717) is 5.92 Å². The summed E-state index contributed by atoms with van der Waals surface area (Å²) in [5.74, 6) is -2.18. The van der Waals surface area contributed by atoms with E-state index in [-0.39, 0.29) is 24.2 Å². The van der Waals surface area contributed by atoms with Gasteiger partial charge in [0.25, 0.3) is 0 Å². The highest BCUT2D eigenvalue weighted by Gasteiger charge is 2.42. The van der Waals surface area contributed by atoms with E-state index in [1.54, 1.807) is 11.3 Å². The number of thiazole rings is 1. The van der Waals surface area contributed by atoms with Crippen molar-refractivity contribution >= 4 is 23.2 Å². The van der Waals surface area contributed by atoms with Gasteiger partial charge in [0.2, 0.25) is 5.91 Å². The number of nitrogens with zero attached hydrogens (tertiary/aromatic N) is 2. The molecule has 3 heterocycles. The average Bonchev–Trinajstić information content (AvgIpc) is 3.20. The molecule has 2 fully saturated rings. The minimum Gasteiger partial charge on any atom is -0.475 e. The summed E-state index contributed by atoms with van der Waals surface area (Å²) in [6.07, 6.45) is -3.16. The summed E-state index contributed by atoms with van der Waals surface area (Å²) in [6.45, 7) is 8.99. The molecule has 2 aliphatic rings. The van der Waals surface area contributed by atoms with Gasteiger partial charge in [-0.15, -0.1) is 11.3 Å². The lowest BCUT2D eigenvalue weighted by Crippen LogP contribution is -2.42. The molecule has 3 rings (SSSR count). The molecule has 0 aromatic carbocycles. The molecule has 3 atom stereocenters. The molecule has 29 heavy (non-hydrogen) atoms. The fourth-order valence-corrected chi connectivity index (χ4v) is 4.18. The van der Waals surface area contributed by atoms with Crippen LogP contribution in [0.2, 0.25) is 0 Å². The van der Waals surface area contributed by atoms with E-state index in [2.05, 4.69) is 22.1 Å². The average molecular weight is 437 g/mol. The summed E-state index contributed by atoms with van der Waals surface area (Å²) in [4.78, 5) is 29.1. The van der Waals surface area contributed by atoms with E-state index in [1.165, 1.54) is 4.88 Å². The Bertz CT molecular complexity index is 711. The molecular formula is C18H26F3N3O4S. The third-order valence-corrected chi connectivity index (χ3v) is 5.73. The number of aromatic nitrogens is 1. The zero-order valence-corrected chi connectivity index (χ0v) is 17.3. The van der Waals surface area contributed by atoms with Crippen molar-refractivity contribution in [2.45, 2.75) is 64.6 Å². The number of halogens is 3. The lowest BCUT2D eigenvalue weighted by molar-refractivity contribution is -0.192. The number of aliphatic carboxylic acids is 1. The van der Waals surface area contributed by atoms with Crippen molar-refractivity contribution in [3.8, 4) is 0 Å². The zero-order chi connectivity index (χ0) is 21.8. The molecule has 7 nitrogen and oxygen atoms in total. The van der Waals surface area contributed by atoms with Gasteiger partial charge in [0.1, 0.15) is 6.10 Å². The summed E-state index contributed by atoms with van der Waals surface area (Å²) in [7, 11) is 0. The Hall–Kier alpha value is -1.72. The summed E-state index contributed by atoms with van der Waals surface area (Å²) >= 11 is 1.72. The molecule has 2 saturated heterocycles. The molecule has 164 valence electrons. The number of fused-ring (bicyclic) bond motifs is 1. The number of nitrogens with one attached hydrogen (secondary N) is 1. The van der Waals surface area contributed by atoms with E-state index in [1.807, 2.05) is 19.4 Å². The first-order valence-corrected chi connectivity index (χ1v) is 10.2. The van der Waals surface area contributed by atoms with Gasteiger partial charge in [-0.05, 0) is 46.1 Å². The zero-order valence-electron chi connectivity index (χ0n) is 16.5. The number of ether oxygens (including phenoxy) is 1. The van der Waals surface area contributed by atoms with Gasteiger partial charge in [0.05, 0.1) is 17.3 Å². The first kappa shape index (κ1) is 23.6. The highest BCUT2D eigenvalue weighted by Crippen LogP contribution is 2.34. The maximum atomic E-state index is 12.1. The number of amides is 1. The van der Waals surface area contributed by atoms with Gasteiger partial charge in [0.15, 0.2) is 0 Å². The van der Waals surface area contributed by atoms with E-state index in [0.717, 1.165) is 38.2 Å². The smallest absolute Gasteiger partial charge is 0.475 e. The number of hydrogen-bond acceptors (Lipinski definition) is 6. The number of carbonyl (C=O) groups is 2. The Labute approximate surface area is 171 Å². The number of carboxylic acid groups (broad SMARTS) is 1. The summed E-state index contributed by atoms with van der Waals surface area (Å²) in [6, 6.07) is 0.171. The normalized spacial score (nSPS) is 24.6. The Morgan fingerprint density at radius 2 is 2.10 bits per heavy atom. The SMILES string of the molecule is Cc1ncsc1CN1CC[C@H]2C[C@H](C(=O)NC(C)C)O[C@H]2C1.O=C(O)C(F)(F)F. The van der Waals surface area contributed by atoms with Crippen LogP contribution in [0.3, 0.4) is 0 Å². The Balaban J connectivity index is 0.000000370. The summed E-state index contributed by atoms with van der Waals surface area (Å²) in [5, 5.41) is 10.1. The number of carboxylic acids is 1. The molecule has 0 spiro atoms. The second kappa shape index (κ2) is 9.86. The van der Waals surface area contributed by atoms with Gasteiger partial charge >= 0.3 is 12.1 Å². The maximum Gasteiger partial charge on any atom is 0.490 e. The van der Waals surface area contributed by atoms with Crippen LogP contribution in [0, 0.1) is 12.8 Å². The van der Waals surface area contributed by atoms with E-state index < -0.39 is 12.1 Å². The van der Waals surface area contributed by atoms with Crippen molar-refractivity contribution in [3.63, 3.8) is 0 Å². The number of hydrogen-bond donors (Lipinski definition) is 2. The Morgan fingerprint density at radius 3 is 2.62 bits per heavy atom. The molecule has 0 aliphatic carbocycles. The fourth-order valence-electron chi connectivity index (χ4n) is 3.37. The molecule has 1 aromatic heterocycles. The summed E-state index contributed by atoms with van der Waals surface area (Å²) < 4.78 is 37.8. The predicted octanol–water partition coefficient (Wildman–Crippen LogP) is 2.59. The van der Waals surface area contributed by atoms with Crippen LogP contribution in [-0.4, -0.2) is 64.4 Å². The monoisotopic (exact) mass is 437 g/mol. The van der Waals surface area contributed by atoms with Crippen molar-refractivity contribution in [1.29, 1.82) is 0 Å². The number of likely N-dealkylation sites (tertiary alicyclic amines) is 1. The first-order chi connectivity index (χ1) is 13.5. The Morgan fingerprint density at radius 1 is 1.45 bits per heavy atom. The standard InChI is InChI=1S/C16H25N3O2S.C2HF3O2/c1-10(2)18-16(20)13-6-12-4-5-19(7-14(12)21-13)8-15-11(3)17-9-22-15;3-2(4,5)1(6)7/h9-10,12-14H,4-8H2,1-3H3,(H,18,20);(H,6,7)/t12-,13+,14-;/m0./s1. The molecule has 2 N–H and O–H groups in total. The van der Waals surface area contributed by atoms with Crippen molar-refractivity contribution in [1.82, 2.24) is 15.2 Å². The van der Waals surface area contributed by atoms with E-state index in [4.69, 9.17) is 14.6 Å². The van der Waals surface area contributed by atoms with Gasteiger partial charge < -0.3 is 15.2 Å².